The van der Waals surface area contributed by atoms with Gasteiger partial charge in [-0.25, -0.2) is 0 Å². The minimum absolute atomic E-state index is 0.0220. The number of rotatable bonds is 5. The van der Waals surface area contributed by atoms with Crippen molar-refractivity contribution in [1.82, 2.24) is 13.7 Å². The van der Waals surface area contributed by atoms with Gasteiger partial charge in [-0.3, -0.25) is 0 Å². The molecule has 0 radical (unpaired) electrons. The molecular weight excluding hydrogens is 847 g/mol. The molecule has 0 N–H and O–H groups in total. The standard InChI is InChI=1S/C67H69N3/c1-63(2,3)43-24-30-56-49(36-43)50-37-44(64(4,5)6)25-31-57(50)68(56)47-28-34-60-53(40-47)54-41-48(29-35-61(54)70(60)62-23-19-18-22-55(62)67(13,14)42-20-16-15-17-21-42)69-58-32-26-45(65(7,8)9)38-51(58)52-39-46(66(10,11)12)27-33-59(52)69/h15-41H,1-14H3. The summed E-state index contributed by atoms with van der Waals surface area (Å²) in [5.74, 6) is 0. The van der Waals surface area contributed by atoms with Crippen LogP contribution in [0.1, 0.15) is 130 Å². The van der Waals surface area contributed by atoms with Crippen molar-refractivity contribution >= 4 is 65.4 Å². The molecule has 8 aromatic carbocycles. The highest BCUT2D eigenvalue weighted by molar-refractivity contribution is 6.14. The molecule has 0 fully saturated rings. The average Bonchev–Trinajstić information content (AvgIpc) is 3.94. The molecule has 11 rings (SSSR count). The molecule has 0 unspecified atom stereocenters. The lowest BCUT2D eigenvalue weighted by Gasteiger charge is -2.29. The summed E-state index contributed by atoms with van der Waals surface area (Å²) in [7, 11) is 0. The molecule has 3 heteroatoms. The molecule has 3 nitrogen and oxygen atoms in total. The summed E-state index contributed by atoms with van der Waals surface area (Å²) in [5, 5.41) is 7.63. The monoisotopic (exact) mass is 916 g/mol. The predicted octanol–water partition coefficient (Wildman–Crippen LogP) is 18.5. The van der Waals surface area contributed by atoms with Gasteiger partial charge in [-0.15, -0.1) is 0 Å². The molecule has 0 spiro atoms. The van der Waals surface area contributed by atoms with E-state index in [0.29, 0.717) is 0 Å². The summed E-state index contributed by atoms with van der Waals surface area (Å²) >= 11 is 0. The molecule has 0 amide bonds. The van der Waals surface area contributed by atoms with E-state index in [4.69, 9.17) is 0 Å². The smallest absolute Gasteiger partial charge is 0.0542 e. The molecular formula is C67H69N3. The first kappa shape index (κ1) is 45.6. The molecule has 3 heterocycles. The van der Waals surface area contributed by atoms with Crippen LogP contribution in [-0.4, -0.2) is 13.7 Å². The summed E-state index contributed by atoms with van der Waals surface area (Å²) in [6.07, 6.45) is 0. The summed E-state index contributed by atoms with van der Waals surface area (Å²) in [6.45, 7) is 32.5. The topological polar surface area (TPSA) is 14.8 Å². The van der Waals surface area contributed by atoms with E-state index in [9.17, 15) is 0 Å². The SMILES string of the molecule is CC(C)(C)c1ccc2c(c1)c1cc(C(C)(C)C)ccc1n2-c1ccc2c(c1)c1cc(-n3c4ccc(C(C)(C)C)cc4c4cc(C(C)(C)C)ccc43)ccc1n2-c1ccccc1C(C)(C)c1ccccc1. The molecule has 70 heavy (non-hydrogen) atoms. The van der Waals surface area contributed by atoms with E-state index in [-0.39, 0.29) is 27.1 Å². The largest absolute Gasteiger partial charge is 0.309 e. The van der Waals surface area contributed by atoms with Gasteiger partial charge < -0.3 is 13.7 Å². The molecule has 0 aliphatic rings. The second-order valence-corrected chi connectivity index (χ2v) is 24.8. The normalized spacial score (nSPS) is 13.3. The zero-order valence-electron chi connectivity index (χ0n) is 43.9. The van der Waals surface area contributed by atoms with Gasteiger partial charge >= 0.3 is 0 Å². The number of benzene rings is 8. The minimum Gasteiger partial charge on any atom is -0.309 e. The first-order valence-corrected chi connectivity index (χ1v) is 25.4. The van der Waals surface area contributed by atoms with Crippen LogP contribution in [0.5, 0.6) is 0 Å². The fraction of sp³-hybridized carbons (Fsp3) is 0.284. The lowest BCUT2D eigenvalue weighted by molar-refractivity contribution is 0.590. The van der Waals surface area contributed by atoms with Gasteiger partial charge in [0, 0.05) is 49.1 Å². The molecule has 0 atom stereocenters. The van der Waals surface area contributed by atoms with E-state index in [1.807, 2.05) is 0 Å². The zero-order chi connectivity index (χ0) is 49.4. The maximum Gasteiger partial charge on any atom is 0.0542 e. The van der Waals surface area contributed by atoms with Gasteiger partial charge in [0.2, 0.25) is 0 Å². The molecule has 0 saturated carbocycles. The van der Waals surface area contributed by atoms with Gasteiger partial charge in [0.1, 0.15) is 0 Å². The molecule has 0 aliphatic carbocycles. The molecule has 0 aliphatic heterocycles. The van der Waals surface area contributed by atoms with Crippen molar-refractivity contribution in [2.24, 2.45) is 0 Å². The van der Waals surface area contributed by atoms with Crippen LogP contribution in [0.2, 0.25) is 0 Å². The number of fused-ring (bicyclic) bond motifs is 9. The van der Waals surface area contributed by atoms with Crippen LogP contribution in [0.25, 0.3) is 82.5 Å². The fourth-order valence-corrected chi connectivity index (χ4v) is 11.2. The van der Waals surface area contributed by atoms with E-state index in [0.717, 1.165) is 11.4 Å². The Morgan fingerprint density at radius 3 is 0.914 bits per heavy atom. The van der Waals surface area contributed by atoms with Crippen molar-refractivity contribution in [1.29, 1.82) is 0 Å². The molecule has 11 aromatic rings. The fourth-order valence-electron chi connectivity index (χ4n) is 11.2. The van der Waals surface area contributed by atoms with Crippen molar-refractivity contribution in [2.45, 2.75) is 124 Å². The van der Waals surface area contributed by atoms with Crippen LogP contribution in [-0.2, 0) is 27.1 Å². The Hall–Kier alpha value is -6.84. The summed E-state index contributed by atoms with van der Waals surface area (Å²) < 4.78 is 7.55. The number of para-hydroxylation sites is 1. The Balaban J connectivity index is 1.22. The van der Waals surface area contributed by atoms with Crippen LogP contribution in [0, 0.1) is 0 Å². The van der Waals surface area contributed by atoms with Gasteiger partial charge in [-0.2, -0.15) is 0 Å². The predicted molar refractivity (Wildman–Crippen MR) is 303 cm³/mol. The van der Waals surface area contributed by atoms with Crippen molar-refractivity contribution in [3.05, 3.63) is 197 Å². The van der Waals surface area contributed by atoms with Gasteiger partial charge in [0.25, 0.3) is 0 Å². The van der Waals surface area contributed by atoms with Crippen molar-refractivity contribution in [3.8, 4) is 17.1 Å². The van der Waals surface area contributed by atoms with Crippen molar-refractivity contribution in [2.75, 3.05) is 0 Å². The summed E-state index contributed by atoms with van der Waals surface area (Å²) in [5.41, 5.74) is 18.6. The van der Waals surface area contributed by atoms with E-state index < -0.39 is 0 Å². The quantitative estimate of drug-likeness (QED) is 0.163. The Labute approximate surface area is 415 Å². The highest BCUT2D eigenvalue weighted by Crippen LogP contribution is 2.44. The third-order valence-corrected chi connectivity index (χ3v) is 15.6. The van der Waals surface area contributed by atoms with Crippen molar-refractivity contribution < 1.29 is 0 Å². The van der Waals surface area contributed by atoms with Gasteiger partial charge in [0.05, 0.1) is 38.8 Å². The Morgan fingerprint density at radius 1 is 0.257 bits per heavy atom. The Morgan fingerprint density at radius 2 is 0.557 bits per heavy atom. The van der Waals surface area contributed by atoms with Gasteiger partial charge in [-0.05, 0) is 146 Å². The van der Waals surface area contributed by atoms with Gasteiger partial charge in [0.15, 0.2) is 0 Å². The van der Waals surface area contributed by atoms with Crippen LogP contribution >= 0.6 is 0 Å². The van der Waals surface area contributed by atoms with E-state index in [2.05, 4.69) is 274 Å². The lowest BCUT2D eigenvalue weighted by atomic mass is 9.77. The van der Waals surface area contributed by atoms with Crippen LogP contribution < -0.4 is 0 Å². The molecule has 0 bridgehead atoms. The second-order valence-electron chi connectivity index (χ2n) is 24.8. The van der Waals surface area contributed by atoms with Crippen LogP contribution in [0.4, 0.5) is 0 Å². The van der Waals surface area contributed by atoms with Crippen LogP contribution in [0.15, 0.2) is 164 Å². The maximum absolute atomic E-state index is 2.53. The highest BCUT2D eigenvalue weighted by Gasteiger charge is 2.29. The molecule has 0 saturated heterocycles. The van der Waals surface area contributed by atoms with Gasteiger partial charge in [-0.1, -0.05) is 170 Å². The lowest BCUT2D eigenvalue weighted by Crippen LogP contribution is -2.21. The first-order valence-electron chi connectivity index (χ1n) is 25.4. The maximum atomic E-state index is 2.53. The van der Waals surface area contributed by atoms with E-state index in [1.165, 1.54) is 104 Å². The average molecular weight is 916 g/mol. The van der Waals surface area contributed by atoms with E-state index >= 15 is 0 Å². The summed E-state index contributed by atoms with van der Waals surface area (Å²) in [6, 6.07) is 63.0. The third kappa shape index (κ3) is 7.30. The molecule has 352 valence electrons. The first-order chi connectivity index (χ1) is 33.0. The third-order valence-electron chi connectivity index (χ3n) is 15.6. The number of hydrogen-bond donors (Lipinski definition) is 0. The number of aromatic nitrogens is 3. The Bertz CT molecular complexity index is 3520. The number of nitrogens with zero attached hydrogens (tertiary/aromatic N) is 3. The second kappa shape index (κ2) is 15.6. The highest BCUT2D eigenvalue weighted by atomic mass is 15.0. The molecule has 3 aromatic heterocycles. The number of hydrogen-bond acceptors (Lipinski definition) is 0. The summed E-state index contributed by atoms with van der Waals surface area (Å²) in [4.78, 5) is 0. The van der Waals surface area contributed by atoms with Crippen LogP contribution in [0.3, 0.4) is 0 Å². The Kier molecular flexibility index (Phi) is 10.1. The zero-order valence-corrected chi connectivity index (χ0v) is 43.9. The minimum atomic E-state index is -0.262. The van der Waals surface area contributed by atoms with E-state index in [1.54, 1.807) is 0 Å². The van der Waals surface area contributed by atoms with Crippen molar-refractivity contribution in [3.63, 3.8) is 0 Å².